The average molecular weight is 273 g/mol. The van der Waals surface area contributed by atoms with Crippen LogP contribution in [0.3, 0.4) is 0 Å². The van der Waals surface area contributed by atoms with E-state index in [-0.39, 0.29) is 11.9 Å². The number of nitrogens with one attached hydrogen (secondary N) is 1. The predicted molar refractivity (Wildman–Crippen MR) is 76.0 cm³/mol. The van der Waals surface area contributed by atoms with Gasteiger partial charge in [-0.2, -0.15) is 0 Å². The van der Waals surface area contributed by atoms with Gasteiger partial charge >= 0.3 is 0 Å². The summed E-state index contributed by atoms with van der Waals surface area (Å²) in [6.07, 6.45) is 1.49. The molecule has 1 N–H and O–H groups in total. The summed E-state index contributed by atoms with van der Waals surface area (Å²) in [5.74, 6) is -0.0538. The van der Waals surface area contributed by atoms with Crippen molar-refractivity contribution in [1.29, 1.82) is 0 Å². The summed E-state index contributed by atoms with van der Waals surface area (Å²) in [5.41, 5.74) is 2.85. The molecule has 1 aromatic carbocycles. The third-order valence-corrected chi connectivity index (χ3v) is 3.09. The Morgan fingerprint density at radius 2 is 2.00 bits per heavy atom. The summed E-state index contributed by atoms with van der Waals surface area (Å²) in [7, 11) is 3.78. The summed E-state index contributed by atoms with van der Waals surface area (Å²) >= 11 is 0. The molecule has 0 bridgehead atoms. The second-order valence-electron chi connectivity index (χ2n) is 4.99. The zero-order valence-corrected chi connectivity index (χ0v) is 12.0. The third-order valence-electron chi connectivity index (χ3n) is 3.09. The van der Waals surface area contributed by atoms with Gasteiger partial charge in [-0.1, -0.05) is 35.0 Å². The van der Waals surface area contributed by atoms with Crippen molar-refractivity contribution in [3.05, 3.63) is 53.4 Å². The molecule has 0 fully saturated rings. The number of carbonyl (C=O) groups is 1. The Morgan fingerprint density at radius 3 is 2.55 bits per heavy atom. The SMILES string of the molecule is Cc1ccc(C(C(=O)NCc2ccon2)N(C)C)cc1. The molecule has 0 saturated heterocycles. The molecule has 1 amide bonds. The Bertz CT molecular complexity index is 547. The van der Waals surface area contributed by atoms with Gasteiger partial charge < -0.3 is 9.84 Å². The minimum Gasteiger partial charge on any atom is -0.364 e. The van der Waals surface area contributed by atoms with Gasteiger partial charge in [-0.25, -0.2) is 0 Å². The molecule has 1 heterocycles. The van der Waals surface area contributed by atoms with Crippen molar-refractivity contribution < 1.29 is 9.32 Å². The molecule has 5 nitrogen and oxygen atoms in total. The molecule has 106 valence electrons. The lowest BCUT2D eigenvalue weighted by molar-refractivity contribution is -0.126. The topological polar surface area (TPSA) is 58.4 Å². The fourth-order valence-corrected chi connectivity index (χ4v) is 2.04. The average Bonchev–Trinajstić information content (AvgIpc) is 2.92. The molecule has 1 atom stereocenters. The van der Waals surface area contributed by atoms with E-state index < -0.39 is 0 Å². The highest BCUT2D eigenvalue weighted by Crippen LogP contribution is 2.19. The van der Waals surface area contributed by atoms with Crippen molar-refractivity contribution in [2.45, 2.75) is 19.5 Å². The van der Waals surface area contributed by atoms with Gasteiger partial charge in [0.15, 0.2) is 0 Å². The molecule has 2 rings (SSSR count). The maximum Gasteiger partial charge on any atom is 0.242 e. The second-order valence-corrected chi connectivity index (χ2v) is 4.99. The van der Waals surface area contributed by atoms with Crippen LogP contribution in [-0.4, -0.2) is 30.1 Å². The summed E-state index contributed by atoms with van der Waals surface area (Å²) in [4.78, 5) is 14.2. The van der Waals surface area contributed by atoms with Gasteiger partial charge in [0.25, 0.3) is 0 Å². The van der Waals surface area contributed by atoms with Crippen molar-refractivity contribution in [2.75, 3.05) is 14.1 Å². The molecule has 2 aromatic rings. The molecule has 0 saturated carbocycles. The molecule has 5 heteroatoms. The van der Waals surface area contributed by atoms with Crippen LogP contribution in [0.25, 0.3) is 0 Å². The van der Waals surface area contributed by atoms with Crippen LogP contribution in [0.2, 0.25) is 0 Å². The fraction of sp³-hybridized carbons (Fsp3) is 0.333. The maximum atomic E-state index is 12.4. The number of amides is 1. The Morgan fingerprint density at radius 1 is 1.30 bits per heavy atom. The summed E-state index contributed by atoms with van der Waals surface area (Å²) in [6, 6.07) is 9.40. The smallest absolute Gasteiger partial charge is 0.242 e. The minimum absolute atomic E-state index is 0.0538. The summed E-state index contributed by atoms with van der Waals surface area (Å²) < 4.78 is 4.74. The van der Waals surface area contributed by atoms with Crippen LogP contribution in [0.1, 0.15) is 22.9 Å². The second kappa shape index (κ2) is 6.34. The quantitative estimate of drug-likeness (QED) is 0.904. The zero-order chi connectivity index (χ0) is 14.5. The van der Waals surface area contributed by atoms with Crippen LogP contribution in [0, 0.1) is 6.92 Å². The molecule has 0 aliphatic rings. The van der Waals surface area contributed by atoms with E-state index in [0.717, 1.165) is 5.56 Å². The van der Waals surface area contributed by atoms with E-state index in [1.807, 2.05) is 50.2 Å². The lowest BCUT2D eigenvalue weighted by Gasteiger charge is -2.23. The molecule has 0 aliphatic heterocycles. The van der Waals surface area contributed by atoms with Crippen LogP contribution >= 0.6 is 0 Å². The first kappa shape index (κ1) is 14.3. The molecule has 1 aromatic heterocycles. The Hall–Kier alpha value is -2.14. The first-order valence-electron chi connectivity index (χ1n) is 6.48. The van der Waals surface area contributed by atoms with E-state index in [1.165, 1.54) is 11.8 Å². The largest absolute Gasteiger partial charge is 0.364 e. The highest BCUT2D eigenvalue weighted by Gasteiger charge is 2.22. The third kappa shape index (κ3) is 3.45. The first-order valence-corrected chi connectivity index (χ1v) is 6.48. The van der Waals surface area contributed by atoms with Crippen molar-refractivity contribution in [2.24, 2.45) is 0 Å². The summed E-state index contributed by atoms with van der Waals surface area (Å²) in [5, 5.41) is 6.65. The van der Waals surface area contributed by atoms with Crippen LogP contribution in [0.15, 0.2) is 41.1 Å². The van der Waals surface area contributed by atoms with Crippen molar-refractivity contribution in [3.63, 3.8) is 0 Å². The van der Waals surface area contributed by atoms with Gasteiger partial charge in [-0.3, -0.25) is 9.69 Å². The number of nitrogens with zero attached hydrogens (tertiary/aromatic N) is 2. The van der Waals surface area contributed by atoms with Gasteiger partial charge in [-0.15, -0.1) is 0 Å². The predicted octanol–water partition coefficient (Wildman–Crippen LogP) is 1.90. The van der Waals surface area contributed by atoms with Crippen molar-refractivity contribution >= 4 is 5.91 Å². The van der Waals surface area contributed by atoms with Crippen LogP contribution < -0.4 is 5.32 Å². The van der Waals surface area contributed by atoms with E-state index in [4.69, 9.17) is 4.52 Å². The summed E-state index contributed by atoms with van der Waals surface area (Å²) in [6.45, 7) is 2.39. The normalized spacial score (nSPS) is 12.4. The lowest BCUT2D eigenvalue weighted by atomic mass is 10.0. The van der Waals surface area contributed by atoms with Crippen LogP contribution in [0.4, 0.5) is 0 Å². The van der Waals surface area contributed by atoms with Crippen LogP contribution in [0.5, 0.6) is 0 Å². The number of aryl methyl sites for hydroxylation is 1. The van der Waals surface area contributed by atoms with Crippen LogP contribution in [-0.2, 0) is 11.3 Å². The lowest BCUT2D eigenvalue weighted by Crippen LogP contribution is -2.36. The maximum absolute atomic E-state index is 12.4. The fourth-order valence-electron chi connectivity index (χ4n) is 2.04. The minimum atomic E-state index is -0.317. The molecular weight excluding hydrogens is 254 g/mol. The van der Waals surface area contributed by atoms with E-state index in [9.17, 15) is 4.79 Å². The molecular formula is C15H19N3O2. The molecule has 20 heavy (non-hydrogen) atoms. The van der Waals surface area contributed by atoms with Crippen molar-refractivity contribution in [3.8, 4) is 0 Å². The number of hydrogen-bond donors (Lipinski definition) is 1. The van der Waals surface area contributed by atoms with Crippen molar-refractivity contribution in [1.82, 2.24) is 15.4 Å². The Kier molecular flexibility index (Phi) is 4.53. The highest BCUT2D eigenvalue weighted by molar-refractivity contribution is 5.83. The van der Waals surface area contributed by atoms with Gasteiger partial charge in [-0.05, 0) is 26.6 Å². The van der Waals surface area contributed by atoms with E-state index in [1.54, 1.807) is 6.07 Å². The molecule has 0 spiro atoms. The van der Waals surface area contributed by atoms with E-state index in [0.29, 0.717) is 12.2 Å². The number of likely N-dealkylation sites (N-methyl/N-ethyl adjacent to an activating group) is 1. The Balaban J connectivity index is 2.08. The van der Waals surface area contributed by atoms with E-state index >= 15 is 0 Å². The van der Waals surface area contributed by atoms with Gasteiger partial charge in [0, 0.05) is 6.07 Å². The molecule has 1 unspecified atom stereocenters. The molecule has 0 aliphatic carbocycles. The number of rotatable bonds is 5. The molecule has 0 radical (unpaired) electrons. The first-order chi connectivity index (χ1) is 9.58. The standard InChI is InChI=1S/C15H19N3O2/c1-11-4-6-12(7-5-11)14(18(2)3)15(19)16-10-13-8-9-20-17-13/h4-9,14H,10H2,1-3H3,(H,16,19). The number of hydrogen-bond acceptors (Lipinski definition) is 4. The number of aromatic nitrogens is 1. The number of benzene rings is 1. The van der Waals surface area contributed by atoms with Gasteiger partial charge in [0.2, 0.25) is 5.91 Å². The Labute approximate surface area is 118 Å². The number of carbonyl (C=O) groups excluding carboxylic acids is 1. The highest BCUT2D eigenvalue weighted by atomic mass is 16.5. The van der Waals surface area contributed by atoms with Gasteiger partial charge in [0.1, 0.15) is 18.0 Å². The van der Waals surface area contributed by atoms with Gasteiger partial charge in [0.05, 0.1) is 6.54 Å². The monoisotopic (exact) mass is 273 g/mol. The van der Waals surface area contributed by atoms with E-state index in [2.05, 4.69) is 10.5 Å². The zero-order valence-electron chi connectivity index (χ0n) is 12.0.